The average Bonchev–Trinajstić information content (AvgIpc) is 2.17. The number of rotatable bonds is 1. The highest BCUT2D eigenvalue weighted by Crippen LogP contribution is 2.25. The maximum Gasteiger partial charge on any atom is 0.160 e. The van der Waals surface area contributed by atoms with E-state index in [0.29, 0.717) is 0 Å². The first-order valence-electron chi connectivity index (χ1n) is 4.10. The Kier molecular flexibility index (Phi) is 1.82. The summed E-state index contributed by atoms with van der Waals surface area (Å²) in [7, 11) is 0. The molecule has 1 aliphatic rings. The van der Waals surface area contributed by atoms with Crippen LogP contribution in [0.5, 0.6) is 5.75 Å². The summed E-state index contributed by atoms with van der Waals surface area (Å²) in [5.41, 5.74) is 1.20. The topological polar surface area (TPSA) is 26.3 Å². The van der Waals surface area contributed by atoms with Crippen molar-refractivity contribution in [1.29, 1.82) is 0 Å². The number of benzene rings is 1. The third-order valence-electron chi connectivity index (χ3n) is 2.10. The molecule has 2 nitrogen and oxygen atoms in total. The lowest BCUT2D eigenvalue weighted by molar-refractivity contribution is -0.114. The molecule has 2 rings (SSSR count). The SMILES string of the molecule is O=C[C@@H]1CCc2ccccc2O1. The Labute approximate surface area is 71.2 Å². The summed E-state index contributed by atoms with van der Waals surface area (Å²) >= 11 is 0. The first-order chi connectivity index (χ1) is 5.90. The Morgan fingerprint density at radius 3 is 3.08 bits per heavy atom. The molecule has 0 fully saturated rings. The first-order valence-corrected chi connectivity index (χ1v) is 4.10. The minimum Gasteiger partial charge on any atom is -0.483 e. The molecule has 1 heterocycles. The van der Waals surface area contributed by atoms with Crippen molar-refractivity contribution in [3.8, 4) is 5.75 Å². The smallest absolute Gasteiger partial charge is 0.160 e. The fraction of sp³-hybridized carbons (Fsp3) is 0.300. The van der Waals surface area contributed by atoms with E-state index >= 15 is 0 Å². The van der Waals surface area contributed by atoms with E-state index in [1.165, 1.54) is 5.56 Å². The Balaban J connectivity index is 2.28. The van der Waals surface area contributed by atoms with Gasteiger partial charge in [-0.05, 0) is 24.5 Å². The van der Waals surface area contributed by atoms with Crippen molar-refractivity contribution in [2.24, 2.45) is 0 Å². The lowest BCUT2D eigenvalue weighted by Gasteiger charge is -2.21. The van der Waals surface area contributed by atoms with Gasteiger partial charge in [0.05, 0.1) is 0 Å². The van der Waals surface area contributed by atoms with E-state index in [4.69, 9.17) is 4.74 Å². The van der Waals surface area contributed by atoms with E-state index in [2.05, 4.69) is 0 Å². The second-order valence-electron chi connectivity index (χ2n) is 2.94. The summed E-state index contributed by atoms with van der Waals surface area (Å²) in [5, 5.41) is 0. The zero-order chi connectivity index (χ0) is 8.39. The fourth-order valence-corrected chi connectivity index (χ4v) is 1.44. The summed E-state index contributed by atoms with van der Waals surface area (Å²) in [6, 6.07) is 7.86. The summed E-state index contributed by atoms with van der Waals surface area (Å²) in [6.45, 7) is 0. The molecule has 1 aromatic rings. The first kappa shape index (κ1) is 7.35. The van der Waals surface area contributed by atoms with Gasteiger partial charge in [-0.1, -0.05) is 18.2 Å². The van der Waals surface area contributed by atoms with Gasteiger partial charge < -0.3 is 4.74 Å². The molecule has 0 saturated heterocycles. The summed E-state index contributed by atoms with van der Waals surface area (Å²) in [4.78, 5) is 10.4. The van der Waals surface area contributed by atoms with Gasteiger partial charge >= 0.3 is 0 Å². The van der Waals surface area contributed by atoms with E-state index in [0.717, 1.165) is 24.9 Å². The van der Waals surface area contributed by atoms with Crippen LogP contribution >= 0.6 is 0 Å². The zero-order valence-electron chi connectivity index (χ0n) is 6.69. The van der Waals surface area contributed by atoms with Gasteiger partial charge in [0.15, 0.2) is 12.4 Å². The molecule has 1 aromatic carbocycles. The van der Waals surface area contributed by atoms with Crippen molar-refractivity contribution in [3.63, 3.8) is 0 Å². The molecule has 1 aliphatic heterocycles. The Hall–Kier alpha value is -1.31. The highest BCUT2D eigenvalue weighted by Gasteiger charge is 2.17. The number of carbonyl (C=O) groups is 1. The van der Waals surface area contributed by atoms with Crippen LogP contribution in [-0.2, 0) is 11.2 Å². The molecule has 0 bridgehead atoms. The van der Waals surface area contributed by atoms with Crippen LogP contribution in [0.4, 0.5) is 0 Å². The lowest BCUT2D eigenvalue weighted by atomic mass is 10.0. The predicted molar refractivity (Wildman–Crippen MR) is 45.2 cm³/mol. The Bertz CT molecular complexity index is 294. The standard InChI is InChI=1S/C10H10O2/c11-7-9-6-5-8-3-1-2-4-10(8)12-9/h1-4,7,9H,5-6H2/t9-/m0/s1. The second-order valence-corrected chi connectivity index (χ2v) is 2.94. The van der Waals surface area contributed by atoms with Crippen molar-refractivity contribution >= 4 is 6.29 Å². The van der Waals surface area contributed by atoms with Gasteiger partial charge in [0.2, 0.25) is 0 Å². The number of carbonyl (C=O) groups excluding carboxylic acids is 1. The lowest BCUT2D eigenvalue weighted by Crippen LogP contribution is -2.23. The summed E-state index contributed by atoms with van der Waals surface area (Å²) in [6.07, 6.45) is 2.38. The van der Waals surface area contributed by atoms with Crippen LogP contribution in [0.15, 0.2) is 24.3 Å². The quantitative estimate of drug-likeness (QED) is 0.586. The summed E-state index contributed by atoms with van der Waals surface area (Å²) < 4.78 is 5.41. The molecule has 2 heteroatoms. The predicted octanol–water partition coefficient (Wildman–Crippen LogP) is 1.58. The number of fused-ring (bicyclic) bond motifs is 1. The van der Waals surface area contributed by atoms with Gasteiger partial charge in [-0.2, -0.15) is 0 Å². The number of hydrogen-bond acceptors (Lipinski definition) is 2. The largest absolute Gasteiger partial charge is 0.483 e. The molecule has 0 amide bonds. The van der Waals surface area contributed by atoms with Crippen LogP contribution in [0.3, 0.4) is 0 Å². The van der Waals surface area contributed by atoms with Gasteiger partial charge in [-0.3, -0.25) is 4.79 Å². The molecule has 0 unspecified atom stereocenters. The molecule has 0 N–H and O–H groups in total. The molecular weight excluding hydrogens is 152 g/mol. The number of ether oxygens (including phenoxy) is 1. The number of aldehydes is 1. The van der Waals surface area contributed by atoms with Crippen molar-refractivity contribution < 1.29 is 9.53 Å². The van der Waals surface area contributed by atoms with Gasteiger partial charge in [-0.15, -0.1) is 0 Å². The molecule has 0 aliphatic carbocycles. The third-order valence-corrected chi connectivity index (χ3v) is 2.10. The molecule has 1 atom stereocenters. The van der Waals surface area contributed by atoms with Crippen LogP contribution in [0.2, 0.25) is 0 Å². The molecule has 0 aromatic heterocycles. The Morgan fingerprint density at radius 1 is 1.42 bits per heavy atom. The highest BCUT2D eigenvalue weighted by molar-refractivity contribution is 5.58. The minimum absolute atomic E-state index is 0.236. The van der Waals surface area contributed by atoms with Crippen molar-refractivity contribution in [1.82, 2.24) is 0 Å². The number of hydrogen-bond donors (Lipinski definition) is 0. The summed E-state index contributed by atoms with van der Waals surface area (Å²) in [5.74, 6) is 0.862. The highest BCUT2D eigenvalue weighted by atomic mass is 16.5. The van der Waals surface area contributed by atoms with E-state index in [1.807, 2.05) is 24.3 Å². The van der Waals surface area contributed by atoms with Crippen LogP contribution in [0.25, 0.3) is 0 Å². The van der Waals surface area contributed by atoms with Crippen molar-refractivity contribution in [2.45, 2.75) is 18.9 Å². The van der Waals surface area contributed by atoms with Gasteiger partial charge in [0.1, 0.15) is 5.75 Å². The Morgan fingerprint density at radius 2 is 2.25 bits per heavy atom. The van der Waals surface area contributed by atoms with Crippen LogP contribution in [0.1, 0.15) is 12.0 Å². The third kappa shape index (κ3) is 1.20. The second kappa shape index (κ2) is 2.97. The normalized spacial score (nSPS) is 20.8. The molecule has 0 saturated carbocycles. The van der Waals surface area contributed by atoms with Gasteiger partial charge in [-0.25, -0.2) is 0 Å². The van der Waals surface area contributed by atoms with Crippen molar-refractivity contribution in [3.05, 3.63) is 29.8 Å². The fourth-order valence-electron chi connectivity index (χ4n) is 1.44. The number of para-hydroxylation sites is 1. The number of aryl methyl sites for hydroxylation is 1. The zero-order valence-corrected chi connectivity index (χ0v) is 6.69. The van der Waals surface area contributed by atoms with E-state index < -0.39 is 0 Å². The van der Waals surface area contributed by atoms with Gasteiger partial charge in [0, 0.05) is 0 Å². The van der Waals surface area contributed by atoms with Gasteiger partial charge in [0.25, 0.3) is 0 Å². The monoisotopic (exact) mass is 162 g/mol. The minimum atomic E-state index is -0.236. The van der Waals surface area contributed by atoms with Crippen LogP contribution in [-0.4, -0.2) is 12.4 Å². The van der Waals surface area contributed by atoms with E-state index in [1.54, 1.807) is 0 Å². The molecule has 12 heavy (non-hydrogen) atoms. The molecular formula is C10H10O2. The molecule has 0 radical (unpaired) electrons. The molecule has 62 valence electrons. The van der Waals surface area contributed by atoms with Crippen LogP contribution < -0.4 is 4.74 Å². The average molecular weight is 162 g/mol. The molecule has 0 spiro atoms. The maximum absolute atomic E-state index is 10.4. The van der Waals surface area contributed by atoms with E-state index in [-0.39, 0.29) is 6.10 Å². The maximum atomic E-state index is 10.4. The van der Waals surface area contributed by atoms with Crippen LogP contribution in [0, 0.1) is 0 Å². The van der Waals surface area contributed by atoms with E-state index in [9.17, 15) is 4.79 Å². The van der Waals surface area contributed by atoms with Crippen molar-refractivity contribution in [2.75, 3.05) is 0 Å².